The van der Waals surface area contributed by atoms with Crippen molar-refractivity contribution in [1.29, 1.82) is 0 Å². The molecule has 0 fully saturated rings. The van der Waals surface area contributed by atoms with Gasteiger partial charge < -0.3 is 8.83 Å². The average Bonchev–Trinajstić information content (AvgIpc) is 3.79. The Kier molecular flexibility index (Phi) is 6.31. The van der Waals surface area contributed by atoms with Gasteiger partial charge in [-0.3, -0.25) is 0 Å². The van der Waals surface area contributed by atoms with E-state index in [1.54, 1.807) is 0 Å². The van der Waals surface area contributed by atoms with Crippen LogP contribution in [0.5, 0.6) is 0 Å². The summed E-state index contributed by atoms with van der Waals surface area (Å²) in [6.07, 6.45) is 6.56. The van der Waals surface area contributed by atoms with Gasteiger partial charge in [0.1, 0.15) is 22.3 Å². The van der Waals surface area contributed by atoms with E-state index in [0.29, 0.717) is 17.5 Å². The van der Waals surface area contributed by atoms with Crippen LogP contribution < -0.4 is 0 Å². The largest absolute Gasteiger partial charge is 0.456 e. The van der Waals surface area contributed by atoms with Crippen LogP contribution in [0.3, 0.4) is 0 Å². The summed E-state index contributed by atoms with van der Waals surface area (Å²) in [5.74, 6) is 1.87. The van der Waals surface area contributed by atoms with E-state index in [1.165, 1.54) is 21.9 Å². The molecule has 3 heterocycles. The molecule has 0 aliphatic heterocycles. The lowest BCUT2D eigenvalue weighted by atomic mass is 9.91. The zero-order valence-corrected chi connectivity index (χ0v) is 28.0. The van der Waals surface area contributed by atoms with Gasteiger partial charge in [-0.1, -0.05) is 115 Å². The van der Waals surface area contributed by atoms with Gasteiger partial charge in [-0.25, -0.2) is 15.0 Å². The third kappa shape index (κ3) is 4.53. The number of hydrogen-bond acceptors (Lipinski definition) is 5. The SMILES string of the molecule is C1=Cc2ccc3ccc(-c4nc(-c5ccccc5)nc(-c5cccc6oc7ccc(-c8cccc9oc%10ccccc%10c89)cc7c56)n4)cc3c2CC1. The Morgan fingerprint density at radius 1 is 0.442 bits per heavy atom. The third-order valence-corrected chi connectivity index (χ3v) is 10.4. The maximum Gasteiger partial charge on any atom is 0.164 e. The Hall–Kier alpha value is -6.85. The highest BCUT2D eigenvalue weighted by atomic mass is 16.3. The van der Waals surface area contributed by atoms with E-state index in [-0.39, 0.29) is 0 Å². The Balaban J connectivity index is 1.13. The second kappa shape index (κ2) is 11.3. The molecule has 244 valence electrons. The van der Waals surface area contributed by atoms with Crippen molar-refractivity contribution in [3.8, 4) is 45.3 Å². The van der Waals surface area contributed by atoms with Crippen LogP contribution in [0.2, 0.25) is 0 Å². The fraction of sp³-hybridized carbons (Fsp3) is 0.0426. The molecule has 0 spiro atoms. The predicted molar refractivity (Wildman–Crippen MR) is 211 cm³/mol. The second-order valence-corrected chi connectivity index (χ2v) is 13.5. The third-order valence-electron chi connectivity index (χ3n) is 10.4. The minimum atomic E-state index is 0.601. The predicted octanol–water partition coefficient (Wildman–Crippen LogP) is 12.5. The summed E-state index contributed by atoms with van der Waals surface area (Å²) in [7, 11) is 0. The monoisotopic (exact) mass is 667 g/mol. The van der Waals surface area contributed by atoms with Crippen LogP contribution in [0, 0.1) is 0 Å². The minimum absolute atomic E-state index is 0.601. The zero-order chi connectivity index (χ0) is 34.2. The molecular weight excluding hydrogens is 639 g/mol. The summed E-state index contributed by atoms with van der Waals surface area (Å²) >= 11 is 0. The van der Waals surface area contributed by atoms with Crippen LogP contribution in [-0.2, 0) is 6.42 Å². The molecule has 11 rings (SSSR count). The maximum atomic E-state index is 6.48. The number of benzene rings is 7. The zero-order valence-electron chi connectivity index (χ0n) is 28.0. The van der Waals surface area contributed by atoms with Crippen molar-refractivity contribution >= 4 is 60.7 Å². The number of allylic oxidation sites excluding steroid dienone is 1. The van der Waals surface area contributed by atoms with Gasteiger partial charge in [0.05, 0.1) is 0 Å². The quantitative estimate of drug-likeness (QED) is 0.187. The van der Waals surface area contributed by atoms with Gasteiger partial charge >= 0.3 is 0 Å². The van der Waals surface area contributed by atoms with Gasteiger partial charge in [-0.2, -0.15) is 0 Å². The number of para-hydroxylation sites is 1. The number of hydrogen-bond donors (Lipinski definition) is 0. The lowest BCUT2D eigenvalue weighted by Gasteiger charge is -2.15. The van der Waals surface area contributed by atoms with Gasteiger partial charge in [0.2, 0.25) is 0 Å². The van der Waals surface area contributed by atoms with Crippen molar-refractivity contribution in [3.63, 3.8) is 0 Å². The first kappa shape index (κ1) is 28.9. The van der Waals surface area contributed by atoms with Gasteiger partial charge in [-0.15, -0.1) is 0 Å². The normalized spacial score (nSPS) is 12.8. The molecule has 1 aliphatic carbocycles. The standard InChI is InChI=1S/C47H29N3O2/c1-2-11-30(12-3-1)45-48-46(32-23-22-29-21-20-28-10-4-5-13-33(28)37(29)27-32)50-47(49-45)36-16-9-19-42-44(36)38-26-31(24-25-40(38)52-42)34-15-8-18-41-43(34)35-14-6-7-17-39(35)51-41/h1-4,6-12,14-27H,5,13H2. The Morgan fingerprint density at radius 2 is 1.10 bits per heavy atom. The number of rotatable bonds is 4. The van der Waals surface area contributed by atoms with Crippen LogP contribution >= 0.6 is 0 Å². The van der Waals surface area contributed by atoms with Gasteiger partial charge in [0.25, 0.3) is 0 Å². The fourth-order valence-corrected chi connectivity index (χ4v) is 7.95. The second-order valence-electron chi connectivity index (χ2n) is 13.5. The van der Waals surface area contributed by atoms with E-state index < -0.39 is 0 Å². The first-order valence-electron chi connectivity index (χ1n) is 17.7. The van der Waals surface area contributed by atoms with E-state index >= 15 is 0 Å². The van der Waals surface area contributed by atoms with Gasteiger partial charge in [0, 0.05) is 38.2 Å². The number of fused-ring (bicyclic) bond motifs is 9. The molecule has 0 atom stereocenters. The lowest BCUT2D eigenvalue weighted by molar-refractivity contribution is 0.669. The maximum absolute atomic E-state index is 6.48. The molecular formula is C47H29N3O2. The summed E-state index contributed by atoms with van der Waals surface area (Å²) in [5, 5.41) is 6.65. The highest BCUT2D eigenvalue weighted by Crippen LogP contribution is 2.41. The van der Waals surface area contributed by atoms with Crippen LogP contribution in [0.25, 0.3) is 106 Å². The van der Waals surface area contributed by atoms with Crippen LogP contribution in [-0.4, -0.2) is 15.0 Å². The molecule has 0 unspecified atom stereocenters. The van der Waals surface area contributed by atoms with E-state index in [1.807, 2.05) is 60.7 Å². The van der Waals surface area contributed by atoms with Gasteiger partial charge in [0.15, 0.2) is 17.5 Å². The Morgan fingerprint density at radius 3 is 1.96 bits per heavy atom. The summed E-state index contributed by atoms with van der Waals surface area (Å²) in [6.45, 7) is 0. The lowest BCUT2D eigenvalue weighted by Crippen LogP contribution is -2.01. The topological polar surface area (TPSA) is 65.0 Å². The van der Waals surface area contributed by atoms with Crippen LogP contribution in [0.1, 0.15) is 17.5 Å². The number of nitrogens with zero attached hydrogens (tertiary/aromatic N) is 3. The molecule has 3 aromatic heterocycles. The summed E-state index contributed by atoms with van der Waals surface area (Å²) in [6, 6.07) is 48.1. The molecule has 0 bridgehead atoms. The number of aromatic nitrogens is 3. The molecule has 52 heavy (non-hydrogen) atoms. The molecule has 0 N–H and O–H groups in total. The molecule has 7 aromatic carbocycles. The van der Waals surface area contributed by atoms with Crippen molar-refractivity contribution in [1.82, 2.24) is 15.0 Å². The van der Waals surface area contributed by atoms with Crippen molar-refractivity contribution < 1.29 is 8.83 Å². The molecule has 10 aromatic rings. The molecule has 0 radical (unpaired) electrons. The fourth-order valence-electron chi connectivity index (χ4n) is 7.95. The molecule has 5 nitrogen and oxygen atoms in total. The van der Waals surface area contributed by atoms with E-state index in [4.69, 9.17) is 23.8 Å². The molecule has 0 amide bonds. The summed E-state index contributed by atoms with van der Waals surface area (Å²) in [5.41, 5.74) is 11.0. The first-order chi connectivity index (χ1) is 25.7. The molecule has 0 saturated carbocycles. The van der Waals surface area contributed by atoms with Crippen molar-refractivity contribution in [2.45, 2.75) is 12.8 Å². The Bertz CT molecular complexity index is 3080. The van der Waals surface area contributed by atoms with E-state index in [9.17, 15) is 0 Å². The van der Waals surface area contributed by atoms with Crippen molar-refractivity contribution in [2.24, 2.45) is 0 Å². The summed E-state index contributed by atoms with van der Waals surface area (Å²) in [4.78, 5) is 15.4. The summed E-state index contributed by atoms with van der Waals surface area (Å²) < 4.78 is 12.7. The minimum Gasteiger partial charge on any atom is -0.456 e. The molecule has 1 aliphatic rings. The van der Waals surface area contributed by atoms with Gasteiger partial charge in [-0.05, 0) is 82.3 Å². The van der Waals surface area contributed by atoms with E-state index in [0.717, 1.165) is 84.5 Å². The molecule has 5 heteroatoms. The van der Waals surface area contributed by atoms with Crippen molar-refractivity contribution in [3.05, 3.63) is 157 Å². The highest BCUT2D eigenvalue weighted by Gasteiger charge is 2.20. The van der Waals surface area contributed by atoms with Crippen molar-refractivity contribution in [2.75, 3.05) is 0 Å². The number of aryl methyl sites for hydroxylation is 1. The van der Waals surface area contributed by atoms with E-state index in [2.05, 4.69) is 91.0 Å². The first-order valence-corrected chi connectivity index (χ1v) is 17.7. The average molecular weight is 668 g/mol. The van der Waals surface area contributed by atoms with Crippen LogP contribution in [0.15, 0.2) is 154 Å². The smallest absolute Gasteiger partial charge is 0.164 e. The highest BCUT2D eigenvalue weighted by molar-refractivity contribution is 6.16. The molecule has 0 saturated heterocycles. The number of furan rings is 2. The Labute approximate surface area is 298 Å². The van der Waals surface area contributed by atoms with Crippen LogP contribution in [0.4, 0.5) is 0 Å².